The van der Waals surface area contributed by atoms with Gasteiger partial charge in [-0.15, -0.1) is 0 Å². The van der Waals surface area contributed by atoms with Crippen molar-refractivity contribution in [1.29, 1.82) is 0 Å². The van der Waals surface area contributed by atoms with Crippen LogP contribution in [0.25, 0.3) is 0 Å². The van der Waals surface area contributed by atoms with Crippen molar-refractivity contribution in [3.63, 3.8) is 0 Å². The van der Waals surface area contributed by atoms with E-state index >= 15 is 0 Å². The third-order valence-corrected chi connectivity index (χ3v) is 2.98. The Morgan fingerprint density at radius 1 is 1.33 bits per heavy atom. The van der Waals surface area contributed by atoms with Crippen molar-refractivity contribution in [1.82, 2.24) is 0 Å². The van der Waals surface area contributed by atoms with E-state index in [-0.39, 0.29) is 0 Å². The second-order valence-corrected chi connectivity index (χ2v) is 4.90. The SMILES string of the molecule is [2H]C([2H])([2H])/C(C)=C\CCC(C)CCOCc1ccccc1. The molecular formula is C17H26O. The van der Waals surface area contributed by atoms with E-state index in [1.807, 2.05) is 24.3 Å². The van der Waals surface area contributed by atoms with Gasteiger partial charge in [0.25, 0.3) is 0 Å². The molecule has 0 fully saturated rings. The summed E-state index contributed by atoms with van der Waals surface area (Å²) in [6, 6.07) is 10.2. The molecule has 0 saturated carbocycles. The van der Waals surface area contributed by atoms with Crippen LogP contribution in [0.2, 0.25) is 0 Å². The van der Waals surface area contributed by atoms with Gasteiger partial charge in [0.1, 0.15) is 0 Å². The van der Waals surface area contributed by atoms with Crippen molar-refractivity contribution < 1.29 is 8.85 Å². The van der Waals surface area contributed by atoms with Gasteiger partial charge in [-0.2, -0.15) is 0 Å². The van der Waals surface area contributed by atoms with E-state index in [0.29, 0.717) is 18.1 Å². The maximum absolute atomic E-state index is 7.29. The third kappa shape index (κ3) is 7.29. The molecule has 18 heavy (non-hydrogen) atoms. The highest BCUT2D eigenvalue weighted by Gasteiger charge is 2.01. The molecule has 0 bridgehead atoms. The zero-order valence-corrected chi connectivity index (χ0v) is 11.5. The molecule has 0 aliphatic heterocycles. The summed E-state index contributed by atoms with van der Waals surface area (Å²) < 4.78 is 27.5. The predicted molar refractivity (Wildman–Crippen MR) is 78.5 cm³/mol. The zero-order valence-electron chi connectivity index (χ0n) is 14.5. The standard InChI is InChI=1S/C17H26O/c1-15(2)8-7-9-16(3)12-13-18-14-17-10-5-4-6-11-17/h4-6,8,10-11,16H,7,9,12-14H2,1-3H3/i1D3/b15-8+. The molecule has 1 heteroatoms. The third-order valence-electron chi connectivity index (χ3n) is 2.98. The first kappa shape index (κ1) is 10.8. The number of hydrogen-bond acceptors (Lipinski definition) is 1. The molecule has 1 rings (SSSR count). The molecule has 0 heterocycles. The van der Waals surface area contributed by atoms with Crippen molar-refractivity contribution in [3.8, 4) is 0 Å². The fourth-order valence-corrected chi connectivity index (χ4v) is 1.78. The summed E-state index contributed by atoms with van der Waals surface area (Å²) in [6.07, 6.45) is 4.67. The van der Waals surface area contributed by atoms with Crippen LogP contribution in [0.15, 0.2) is 42.0 Å². The van der Waals surface area contributed by atoms with E-state index in [1.54, 1.807) is 6.92 Å². The summed E-state index contributed by atoms with van der Waals surface area (Å²) in [5.41, 5.74) is 1.69. The minimum Gasteiger partial charge on any atom is -0.377 e. The van der Waals surface area contributed by atoms with Gasteiger partial charge < -0.3 is 4.74 Å². The van der Waals surface area contributed by atoms with Crippen molar-refractivity contribution in [2.75, 3.05) is 6.61 Å². The van der Waals surface area contributed by atoms with E-state index in [9.17, 15) is 0 Å². The Labute approximate surface area is 116 Å². The quantitative estimate of drug-likeness (QED) is 0.466. The minimum absolute atomic E-state index is 0.495. The molecule has 0 radical (unpaired) electrons. The highest BCUT2D eigenvalue weighted by Crippen LogP contribution is 2.12. The van der Waals surface area contributed by atoms with Gasteiger partial charge in [0.05, 0.1) is 6.61 Å². The largest absolute Gasteiger partial charge is 0.377 e. The lowest BCUT2D eigenvalue weighted by Crippen LogP contribution is -2.02. The molecule has 100 valence electrons. The molecule has 0 amide bonds. The number of allylic oxidation sites excluding steroid dienone is 2. The van der Waals surface area contributed by atoms with Crippen LogP contribution >= 0.6 is 0 Å². The maximum Gasteiger partial charge on any atom is 0.0716 e. The van der Waals surface area contributed by atoms with Crippen LogP contribution in [0.3, 0.4) is 0 Å². The minimum atomic E-state index is -1.94. The lowest BCUT2D eigenvalue weighted by atomic mass is 10.0. The predicted octanol–water partition coefficient (Wildman–Crippen LogP) is 4.98. The smallest absolute Gasteiger partial charge is 0.0716 e. The van der Waals surface area contributed by atoms with Gasteiger partial charge in [-0.1, -0.05) is 48.9 Å². The van der Waals surface area contributed by atoms with Crippen molar-refractivity contribution in [2.24, 2.45) is 5.92 Å². The molecular weight excluding hydrogens is 220 g/mol. The van der Waals surface area contributed by atoms with E-state index in [0.717, 1.165) is 25.9 Å². The van der Waals surface area contributed by atoms with Crippen LogP contribution in [0.4, 0.5) is 0 Å². The van der Waals surface area contributed by atoms with Gasteiger partial charge in [-0.25, -0.2) is 0 Å². The highest BCUT2D eigenvalue weighted by molar-refractivity contribution is 5.13. The molecule has 1 nitrogen and oxygen atoms in total. The van der Waals surface area contributed by atoms with E-state index in [2.05, 4.69) is 19.1 Å². The van der Waals surface area contributed by atoms with Gasteiger partial charge in [0, 0.05) is 10.7 Å². The van der Waals surface area contributed by atoms with E-state index in [4.69, 9.17) is 8.85 Å². The lowest BCUT2D eigenvalue weighted by molar-refractivity contribution is 0.108. The van der Waals surface area contributed by atoms with Crippen molar-refractivity contribution >= 4 is 0 Å². The highest BCUT2D eigenvalue weighted by atomic mass is 16.5. The molecule has 1 aromatic carbocycles. The fraction of sp³-hybridized carbons (Fsp3) is 0.529. The number of hydrogen-bond donors (Lipinski definition) is 0. The molecule has 1 atom stereocenters. The zero-order chi connectivity index (χ0) is 15.7. The van der Waals surface area contributed by atoms with Gasteiger partial charge >= 0.3 is 0 Å². The Hall–Kier alpha value is -1.08. The molecule has 0 N–H and O–H groups in total. The fourth-order valence-electron chi connectivity index (χ4n) is 1.78. The Morgan fingerprint density at radius 3 is 2.83 bits per heavy atom. The van der Waals surface area contributed by atoms with Crippen LogP contribution in [-0.4, -0.2) is 6.61 Å². The van der Waals surface area contributed by atoms with Gasteiger partial charge in [-0.3, -0.25) is 0 Å². The molecule has 1 unspecified atom stereocenters. The number of ether oxygens (including phenoxy) is 1. The summed E-state index contributed by atoms with van der Waals surface area (Å²) in [5.74, 6) is 0.543. The summed E-state index contributed by atoms with van der Waals surface area (Å²) >= 11 is 0. The molecule has 1 aromatic rings. The maximum atomic E-state index is 7.29. The molecule has 0 aromatic heterocycles. The molecule has 0 saturated heterocycles. The van der Waals surface area contributed by atoms with Gasteiger partial charge in [-0.05, 0) is 44.5 Å². The Balaban J connectivity index is 2.13. The monoisotopic (exact) mass is 249 g/mol. The van der Waals surface area contributed by atoms with Crippen molar-refractivity contribution in [2.45, 2.75) is 46.6 Å². The molecule has 0 spiro atoms. The Kier molecular flexibility index (Phi) is 5.36. The van der Waals surface area contributed by atoms with Crippen LogP contribution in [0, 0.1) is 5.92 Å². The average Bonchev–Trinajstić information content (AvgIpc) is 2.43. The van der Waals surface area contributed by atoms with Crippen LogP contribution in [0.1, 0.15) is 49.6 Å². The molecule has 0 aliphatic carbocycles. The van der Waals surface area contributed by atoms with Crippen LogP contribution in [0.5, 0.6) is 0 Å². The second-order valence-electron chi connectivity index (χ2n) is 4.90. The summed E-state index contributed by atoms with van der Waals surface area (Å²) in [4.78, 5) is 0. The number of benzene rings is 1. The summed E-state index contributed by atoms with van der Waals surface area (Å²) in [5, 5.41) is 0. The van der Waals surface area contributed by atoms with Gasteiger partial charge in [0.2, 0.25) is 0 Å². The first-order valence-corrected chi connectivity index (χ1v) is 6.68. The van der Waals surface area contributed by atoms with E-state index in [1.165, 1.54) is 5.56 Å². The van der Waals surface area contributed by atoms with Crippen LogP contribution in [-0.2, 0) is 11.3 Å². The first-order valence-electron chi connectivity index (χ1n) is 8.18. The molecule has 0 aliphatic rings. The Morgan fingerprint density at radius 2 is 2.11 bits per heavy atom. The van der Waals surface area contributed by atoms with E-state index < -0.39 is 6.85 Å². The normalized spacial score (nSPS) is 16.8. The lowest BCUT2D eigenvalue weighted by Gasteiger charge is -2.10. The Bertz CT molecular complexity index is 423. The first-order chi connectivity index (χ1) is 9.89. The second kappa shape index (κ2) is 8.93. The van der Waals surface area contributed by atoms with Crippen LogP contribution < -0.4 is 0 Å². The summed E-state index contributed by atoms with van der Waals surface area (Å²) in [6.45, 7) is 3.33. The number of rotatable bonds is 8. The summed E-state index contributed by atoms with van der Waals surface area (Å²) in [7, 11) is 0. The van der Waals surface area contributed by atoms with Gasteiger partial charge in [0.15, 0.2) is 0 Å². The average molecular weight is 249 g/mol. The topological polar surface area (TPSA) is 9.23 Å². The van der Waals surface area contributed by atoms with Crippen molar-refractivity contribution in [3.05, 3.63) is 47.5 Å².